The van der Waals surface area contributed by atoms with Gasteiger partial charge in [-0.05, 0) is 56.5 Å². The number of benzene rings is 1. The van der Waals surface area contributed by atoms with E-state index in [1.807, 2.05) is 32.0 Å². The molecule has 1 saturated heterocycles. The van der Waals surface area contributed by atoms with Crippen LogP contribution in [0.4, 0.5) is 5.69 Å². The highest BCUT2D eigenvalue weighted by Crippen LogP contribution is 2.30. The summed E-state index contributed by atoms with van der Waals surface area (Å²) >= 11 is 1.26. The Kier molecular flexibility index (Phi) is 5.88. The monoisotopic (exact) mass is 408 g/mol. The Morgan fingerprint density at radius 1 is 1.26 bits per heavy atom. The van der Waals surface area contributed by atoms with Gasteiger partial charge < -0.3 is 10.1 Å². The number of hydrogen-bond acceptors (Lipinski definition) is 5. The molecular weight excluding hydrogens is 384 g/mol. The Bertz CT molecular complexity index is 937. The molecule has 0 radical (unpaired) electrons. The highest BCUT2D eigenvalue weighted by atomic mass is 32.2. The van der Waals surface area contributed by atoms with E-state index < -0.39 is 10.0 Å². The quantitative estimate of drug-likeness (QED) is 0.823. The van der Waals surface area contributed by atoms with Gasteiger partial charge in [-0.15, -0.1) is 11.3 Å². The number of nitrogens with one attached hydrogen (secondary N) is 1. The molecule has 1 N–H and O–H groups in total. The zero-order valence-electron chi connectivity index (χ0n) is 15.7. The van der Waals surface area contributed by atoms with Crippen molar-refractivity contribution >= 4 is 33.0 Å². The van der Waals surface area contributed by atoms with E-state index in [2.05, 4.69) is 5.32 Å². The summed E-state index contributed by atoms with van der Waals surface area (Å²) in [5.41, 5.74) is 1.61. The van der Waals surface area contributed by atoms with Gasteiger partial charge in [0.2, 0.25) is 5.91 Å². The fourth-order valence-corrected chi connectivity index (χ4v) is 6.17. The maximum Gasteiger partial charge on any atom is 0.252 e. The third-order valence-corrected chi connectivity index (χ3v) is 8.01. The molecule has 0 spiro atoms. The first kappa shape index (κ1) is 19.9. The van der Waals surface area contributed by atoms with E-state index in [9.17, 15) is 13.2 Å². The van der Waals surface area contributed by atoms with Gasteiger partial charge in [-0.2, -0.15) is 4.31 Å². The van der Waals surface area contributed by atoms with Gasteiger partial charge in [-0.3, -0.25) is 4.79 Å². The second-order valence-corrected chi connectivity index (χ2v) is 10.2. The summed E-state index contributed by atoms with van der Waals surface area (Å²) in [6.45, 7) is 4.45. The lowest BCUT2D eigenvalue weighted by Gasteiger charge is -2.31. The predicted octanol–water partition coefficient (Wildman–Crippen LogP) is 3.41. The van der Waals surface area contributed by atoms with Crippen molar-refractivity contribution in [3.63, 3.8) is 0 Å². The van der Waals surface area contributed by atoms with Crippen LogP contribution in [0.15, 0.2) is 34.5 Å². The van der Waals surface area contributed by atoms with E-state index in [0.29, 0.717) is 35.0 Å². The minimum Gasteiger partial charge on any atom is -0.495 e. The Balaban J connectivity index is 1.74. The lowest BCUT2D eigenvalue weighted by atomic mass is 9.98. The highest BCUT2D eigenvalue weighted by Gasteiger charge is 2.34. The summed E-state index contributed by atoms with van der Waals surface area (Å²) in [4.78, 5) is 13.7. The molecule has 1 aromatic carbocycles. The fraction of sp³-hybridized carbons (Fsp3) is 0.421. The topological polar surface area (TPSA) is 75.7 Å². The summed E-state index contributed by atoms with van der Waals surface area (Å²) in [6.07, 6.45) is 1.32. The number of nitrogens with zero attached hydrogens (tertiary/aromatic N) is 1. The predicted molar refractivity (Wildman–Crippen MR) is 107 cm³/mol. The van der Waals surface area contributed by atoms with Crippen LogP contribution in [0.25, 0.3) is 0 Å². The molecule has 1 aromatic heterocycles. The Labute approximate surface area is 164 Å². The zero-order chi connectivity index (χ0) is 19.6. The van der Waals surface area contributed by atoms with Gasteiger partial charge in [0, 0.05) is 18.0 Å². The van der Waals surface area contributed by atoms with Crippen molar-refractivity contribution < 1.29 is 17.9 Å². The largest absolute Gasteiger partial charge is 0.495 e. The first-order chi connectivity index (χ1) is 12.8. The minimum absolute atomic E-state index is 0.179. The van der Waals surface area contributed by atoms with E-state index in [-0.39, 0.29) is 18.4 Å². The molecule has 6 nitrogen and oxygen atoms in total. The van der Waals surface area contributed by atoms with Crippen molar-refractivity contribution in [2.24, 2.45) is 5.92 Å². The van der Waals surface area contributed by atoms with E-state index in [1.165, 1.54) is 15.6 Å². The van der Waals surface area contributed by atoms with Crippen LogP contribution in [0.3, 0.4) is 0 Å². The normalized spacial score (nSPS) is 18.3. The van der Waals surface area contributed by atoms with Crippen LogP contribution in [-0.2, 0) is 14.8 Å². The van der Waals surface area contributed by atoms with Gasteiger partial charge >= 0.3 is 0 Å². The molecule has 27 heavy (non-hydrogen) atoms. The van der Waals surface area contributed by atoms with Crippen molar-refractivity contribution in [2.45, 2.75) is 30.9 Å². The highest BCUT2D eigenvalue weighted by molar-refractivity contribution is 7.91. The summed E-state index contributed by atoms with van der Waals surface area (Å²) in [6, 6.07) is 9.00. The molecule has 146 valence electrons. The lowest BCUT2D eigenvalue weighted by Crippen LogP contribution is -2.43. The van der Waals surface area contributed by atoms with Crippen LogP contribution < -0.4 is 10.1 Å². The number of ether oxygens (including phenoxy) is 1. The molecule has 0 bridgehead atoms. The molecule has 1 amide bonds. The van der Waals surface area contributed by atoms with Crippen molar-refractivity contribution in [3.05, 3.63) is 40.8 Å². The molecule has 3 rings (SSSR count). The molecule has 1 atom stereocenters. The summed E-state index contributed by atoms with van der Waals surface area (Å²) in [5.74, 6) is 0.0178. The van der Waals surface area contributed by atoms with Gasteiger partial charge in [0.1, 0.15) is 9.96 Å². The Morgan fingerprint density at radius 3 is 2.70 bits per heavy atom. The molecule has 0 unspecified atom stereocenters. The number of sulfonamides is 1. The second kappa shape index (κ2) is 8.00. The fourth-order valence-electron chi connectivity index (χ4n) is 3.21. The van der Waals surface area contributed by atoms with Crippen LogP contribution >= 0.6 is 11.3 Å². The molecule has 1 aliphatic heterocycles. The number of aryl methyl sites for hydroxylation is 2. The van der Waals surface area contributed by atoms with Crippen LogP contribution in [0, 0.1) is 19.8 Å². The zero-order valence-corrected chi connectivity index (χ0v) is 17.3. The van der Waals surface area contributed by atoms with Crippen LogP contribution in [0.5, 0.6) is 5.75 Å². The maximum atomic E-state index is 12.9. The second-order valence-electron chi connectivity index (χ2n) is 6.76. The number of anilines is 1. The molecular formula is C19H24N2O4S2. The average Bonchev–Trinajstić information content (AvgIpc) is 3.09. The maximum absolute atomic E-state index is 12.9. The van der Waals surface area contributed by atoms with Gasteiger partial charge in [-0.1, -0.05) is 6.07 Å². The number of rotatable bonds is 5. The van der Waals surface area contributed by atoms with E-state index in [4.69, 9.17) is 4.74 Å². The standard InChI is InChI=1S/C19H24N2O4S2/c1-13-6-8-17(25-3)16(11-13)20-19(22)15-5-4-10-21(12-15)27(23,24)18-9-7-14(2)26-18/h6-9,11,15H,4-5,10,12H2,1-3H3,(H,20,22)/t15-/m0/s1. The number of hydrogen-bond donors (Lipinski definition) is 1. The SMILES string of the molecule is COc1ccc(C)cc1NC(=O)[C@H]1CCCN(S(=O)(=O)c2ccc(C)s2)C1. The van der Waals surface area contributed by atoms with E-state index in [0.717, 1.165) is 10.4 Å². The van der Waals surface area contributed by atoms with E-state index >= 15 is 0 Å². The molecule has 1 aliphatic rings. The number of thiophene rings is 1. The van der Waals surface area contributed by atoms with Crippen molar-refractivity contribution in [3.8, 4) is 5.75 Å². The van der Waals surface area contributed by atoms with E-state index in [1.54, 1.807) is 19.2 Å². The van der Waals surface area contributed by atoms with Gasteiger partial charge in [0.15, 0.2) is 0 Å². The molecule has 8 heteroatoms. The van der Waals surface area contributed by atoms with Crippen LogP contribution in [-0.4, -0.2) is 38.8 Å². The number of methoxy groups -OCH3 is 1. The van der Waals surface area contributed by atoms with Gasteiger partial charge in [0.25, 0.3) is 10.0 Å². The smallest absolute Gasteiger partial charge is 0.252 e. The molecule has 2 aromatic rings. The number of amides is 1. The first-order valence-corrected chi connectivity index (χ1v) is 11.1. The minimum atomic E-state index is -3.55. The molecule has 1 fully saturated rings. The summed E-state index contributed by atoms with van der Waals surface area (Å²) < 4.78 is 32.8. The molecule has 0 saturated carbocycles. The van der Waals surface area contributed by atoms with Gasteiger partial charge in [0.05, 0.1) is 18.7 Å². The average molecular weight is 409 g/mol. The van der Waals surface area contributed by atoms with Crippen molar-refractivity contribution in [2.75, 3.05) is 25.5 Å². The first-order valence-electron chi connectivity index (χ1n) is 8.83. The Hall–Kier alpha value is -1.90. The molecule has 0 aliphatic carbocycles. The number of carbonyl (C=O) groups is 1. The van der Waals surface area contributed by atoms with Crippen LogP contribution in [0.2, 0.25) is 0 Å². The lowest BCUT2D eigenvalue weighted by molar-refractivity contribution is -0.120. The van der Waals surface area contributed by atoms with Crippen molar-refractivity contribution in [1.29, 1.82) is 0 Å². The summed E-state index contributed by atoms with van der Waals surface area (Å²) in [5, 5.41) is 2.91. The summed E-state index contributed by atoms with van der Waals surface area (Å²) in [7, 11) is -2.00. The number of carbonyl (C=O) groups excluding carboxylic acids is 1. The third-order valence-electron chi connectivity index (χ3n) is 4.68. The molecule has 2 heterocycles. The van der Waals surface area contributed by atoms with Crippen molar-refractivity contribution in [1.82, 2.24) is 4.31 Å². The van der Waals surface area contributed by atoms with Crippen LogP contribution in [0.1, 0.15) is 23.3 Å². The van der Waals surface area contributed by atoms with Gasteiger partial charge in [-0.25, -0.2) is 8.42 Å². The third kappa shape index (κ3) is 4.34. The number of piperidine rings is 1. The Morgan fingerprint density at radius 2 is 2.04 bits per heavy atom.